The smallest absolute Gasteiger partial charge is 0.276 e. The van der Waals surface area contributed by atoms with E-state index in [0.717, 1.165) is 35.5 Å². The second kappa shape index (κ2) is 10.2. The van der Waals surface area contributed by atoms with Gasteiger partial charge in [-0.15, -0.1) is 0 Å². The molecule has 1 saturated heterocycles. The van der Waals surface area contributed by atoms with Crippen LogP contribution in [0.1, 0.15) is 47.4 Å². The van der Waals surface area contributed by atoms with Crippen molar-refractivity contribution in [2.45, 2.75) is 46.7 Å². The molecule has 8 heteroatoms. The van der Waals surface area contributed by atoms with E-state index in [9.17, 15) is 13.2 Å². The summed E-state index contributed by atoms with van der Waals surface area (Å²) in [4.78, 5) is 17.5. The van der Waals surface area contributed by atoms with Crippen LogP contribution in [0.5, 0.6) is 0 Å². The fraction of sp³-hybridized carbons (Fsp3) is 0.407. The van der Waals surface area contributed by atoms with Crippen LogP contribution in [0.3, 0.4) is 0 Å². The van der Waals surface area contributed by atoms with Crippen molar-refractivity contribution >= 4 is 21.4 Å². The molecule has 0 bridgehead atoms. The molecule has 1 fully saturated rings. The van der Waals surface area contributed by atoms with Crippen LogP contribution in [0.25, 0.3) is 11.3 Å². The Morgan fingerprint density at radius 3 is 2.34 bits per heavy atom. The molecule has 0 radical (unpaired) electrons. The first kappa shape index (κ1) is 25.0. The minimum Gasteiger partial charge on any atom is -0.372 e. The third-order valence-electron chi connectivity index (χ3n) is 6.85. The van der Waals surface area contributed by atoms with Crippen LogP contribution in [0.2, 0.25) is 0 Å². The number of carbonyl (C=O) groups excluding carboxylic acids is 1. The van der Waals surface area contributed by atoms with E-state index in [1.807, 2.05) is 56.3 Å². The number of rotatable bonds is 8. The zero-order chi connectivity index (χ0) is 25.2. The summed E-state index contributed by atoms with van der Waals surface area (Å²) in [6, 6.07) is 15.3. The molecule has 4 rings (SSSR count). The molecule has 2 heterocycles. The maximum atomic E-state index is 13.6. The average Bonchev–Trinajstić information content (AvgIpc) is 3.47. The predicted octanol–water partition coefficient (Wildman–Crippen LogP) is 4.63. The summed E-state index contributed by atoms with van der Waals surface area (Å²) in [6.07, 6.45) is 0.424. The van der Waals surface area contributed by atoms with Crippen LogP contribution in [-0.4, -0.2) is 55.0 Å². The topological polar surface area (TPSA) is 83.7 Å². The van der Waals surface area contributed by atoms with Crippen molar-refractivity contribution in [1.82, 2.24) is 10.1 Å². The van der Waals surface area contributed by atoms with Crippen LogP contribution in [0.15, 0.2) is 53.1 Å². The lowest BCUT2D eigenvalue weighted by Crippen LogP contribution is -2.40. The van der Waals surface area contributed by atoms with Crippen molar-refractivity contribution < 1.29 is 17.7 Å². The number of carbonyl (C=O) groups is 1. The highest BCUT2D eigenvalue weighted by Crippen LogP contribution is 2.27. The Kier molecular flexibility index (Phi) is 7.31. The number of anilines is 1. The highest BCUT2D eigenvalue weighted by molar-refractivity contribution is 7.91. The Bertz CT molecular complexity index is 1290. The van der Waals surface area contributed by atoms with E-state index in [2.05, 4.69) is 23.9 Å². The van der Waals surface area contributed by atoms with Gasteiger partial charge >= 0.3 is 0 Å². The molecular weight excluding hydrogens is 462 g/mol. The zero-order valence-corrected chi connectivity index (χ0v) is 21.6. The average molecular weight is 496 g/mol. The summed E-state index contributed by atoms with van der Waals surface area (Å²) in [6.45, 7) is 10.4. The predicted molar refractivity (Wildman–Crippen MR) is 138 cm³/mol. The zero-order valence-electron chi connectivity index (χ0n) is 20.8. The van der Waals surface area contributed by atoms with Crippen LogP contribution in [0.4, 0.5) is 5.69 Å². The maximum absolute atomic E-state index is 13.6. The molecule has 0 spiro atoms. The Morgan fingerprint density at radius 1 is 1.03 bits per heavy atom. The van der Waals surface area contributed by atoms with Crippen molar-refractivity contribution in [2.24, 2.45) is 0 Å². The van der Waals surface area contributed by atoms with Gasteiger partial charge in [0.05, 0.1) is 11.5 Å². The van der Waals surface area contributed by atoms with Crippen molar-refractivity contribution in [1.29, 1.82) is 0 Å². The highest BCUT2D eigenvalue weighted by Gasteiger charge is 2.36. The van der Waals surface area contributed by atoms with Gasteiger partial charge in [0.1, 0.15) is 0 Å². The fourth-order valence-electron chi connectivity index (χ4n) is 4.54. The Balaban J connectivity index is 1.60. The van der Waals surface area contributed by atoms with Gasteiger partial charge in [0.2, 0.25) is 0 Å². The summed E-state index contributed by atoms with van der Waals surface area (Å²) < 4.78 is 29.9. The van der Waals surface area contributed by atoms with E-state index < -0.39 is 15.9 Å². The summed E-state index contributed by atoms with van der Waals surface area (Å²) in [5.74, 6) is 0.255. The number of hydrogen-bond acceptors (Lipinski definition) is 6. The molecular formula is C27H33N3O4S. The quantitative estimate of drug-likeness (QED) is 0.453. The second-order valence-electron chi connectivity index (χ2n) is 9.20. The highest BCUT2D eigenvalue weighted by atomic mass is 32.2. The number of benzene rings is 2. The first-order valence-corrected chi connectivity index (χ1v) is 13.9. The van der Waals surface area contributed by atoms with E-state index in [4.69, 9.17) is 4.52 Å². The lowest BCUT2D eigenvalue weighted by Gasteiger charge is -2.28. The molecule has 1 aliphatic rings. The molecule has 35 heavy (non-hydrogen) atoms. The Labute approximate surface area is 207 Å². The molecule has 1 atom stereocenters. The van der Waals surface area contributed by atoms with E-state index >= 15 is 0 Å². The SMILES string of the molecule is CCN(CC)c1ccc(CN(C(=O)c2cc(-c3ccc(C)c(C)c3)on2)C2CCS(=O)(=O)C2)cc1. The number of hydrogen-bond donors (Lipinski definition) is 0. The van der Waals surface area contributed by atoms with Crippen molar-refractivity contribution in [3.8, 4) is 11.3 Å². The van der Waals surface area contributed by atoms with Gasteiger partial charge in [0.25, 0.3) is 5.91 Å². The minimum absolute atomic E-state index is 0.0296. The van der Waals surface area contributed by atoms with Gasteiger partial charge in [0.15, 0.2) is 21.3 Å². The molecule has 0 saturated carbocycles. The molecule has 1 amide bonds. The van der Waals surface area contributed by atoms with Crippen LogP contribution in [0, 0.1) is 13.8 Å². The van der Waals surface area contributed by atoms with Crippen LogP contribution >= 0.6 is 0 Å². The summed E-state index contributed by atoms with van der Waals surface area (Å²) in [7, 11) is -3.16. The van der Waals surface area contributed by atoms with Gasteiger partial charge in [-0.1, -0.05) is 29.4 Å². The third-order valence-corrected chi connectivity index (χ3v) is 8.60. The van der Waals surface area contributed by atoms with Crippen molar-refractivity contribution in [3.05, 3.63) is 70.9 Å². The lowest BCUT2D eigenvalue weighted by atomic mass is 10.0. The van der Waals surface area contributed by atoms with E-state index in [1.165, 1.54) is 5.56 Å². The summed E-state index contributed by atoms with van der Waals surface area (Å²) >= 11 is 0. The van der Waals surface area contributed by atoms with E-state index in [0.29, 0.717) is 18.7 Å². The minimum atomic E-state index is -3.16. The molecule has 2 aromatic carbocycles. The molecule has 1 aliphatic heterocycles. The monoisotopic (exact) mass is 495 g/mol. The molecule has 186 valence electrons. The molecule has 3 aromatic rings. The fourth-order valence-corrected chi connectivity index (χ4v) is 6.27. The third kappa shape index (κ3) is 5.59. The van der Waals surface area contributed by atoms with Gasteiger partial charge < -0.3 is 14.3 Å². The Hall–Kier alpha value is -3.13. The second-order valence-corrected chi connectivity index (χ2v) is 11.4. The van der Waals surface area contributed by atoms with Crippen LogP contribution < -0.4 is 4.90 Å². The molecule has 0 N–H and O–H groups in total. The van der Waals surface area contributed by atoms with Crippen molar-refractivity contribution in [3.63, 3.8) is 0 Å². The van der Waals surface area contributed by atoms with Gasteiger partial charge in [-0.05, 0) is 69.0 Å². The number of aryl methyl sites for hydroxylation is 2. The molecule has 1 aromatic heterocycles. The number of aromatic nitrogens is 1. The standard InChI is InChI=1S/C27H33N3O4S/c1-5-29(6-2)23-11-8-21(9-12-23)17-30(24-13-14-35(32,33)18-24)27(31)25-16-26(34-28-25)22-10-7-19(3)20(4)15-22/h7-12,15-16,24H,5-6,13-14,17-18H2,1-4H3. The molecule has 0 aliphatic carbocycles. The normalized spacial score (nSPS) is 16.9. The van der Waals surface area contributed by atoms with Gasteiger partial charge in [-0.25, -0.2) is 8.42 Å². The summed E-state index contributed by atoms with van der Waals surface area (Å²) in [5, 5.41) is 4.05. The lowest BCUT2D eigenvalue weighted by molar-refractivity contribution is 0.0670. The Morgan fingerprint density at radius 2 is 1.74 bits per heavy atom. The van der Waals surface area contributed by atoms with E-state index in [-0.39, 0.29) is 23.1 Å². The molecule has 7 nitrogen and oxygen atoms in total. The maximum Gasteiger partial charge on any atom is 0.276 e. The van der Waals surface area contributed by atoms with Crippen LogP contribution in [-0.2, 0) is 16.4 Å². The van der Waals surface area contributed by atoms with Gasteiger partial charge in [-0.3, -0.25) is 4.79 Å². The summed E-state index contributed by atoms with van der Waals surface area (Å²) in [5.41, 5.74) is 5.39. The number of nitrogens with zero attached hydrogens (tertiary/aromatic N) is 3. The largest absolute Gasteiger partial charge is 0.372 e. The number of sulfone groups is 1. The van der Waals surface area contributed by atoms with E-state index in [1.54, 1.807) is 11.0 Å². The first-order chi connectivity index (χ1) is 16.7. The van der Waals surface area contributed by atoms with Gasteiger partial charge in [-0.2, -0.15) is 0 Å². The first-order valence-electron chi connectivity index (χ1n) is 12.1. The van der Waals surface area contributed by atoms with Crippen molar-refractivity contribution in [2.75, 3.05) is 29.5 Å². The number of amides is 1. The van der Waals surface area contributed by atoms with Gasteiger partial charge in [0, 0.05) is 43.0 Å². The molecule has 1 unspecified atom stereocenters.